The van der Waals surface area contributed by atoms with E-state index in [-0.39, 0.29) is 6.23 Å². The molecule has 4 aliphatic heterocycles. The van der Waals surface area contributed by atoms with Crippen LogP contribution in [0.4, 0.5) is 28.4 Å². The second-order valence-electron chi connectivity index (χ2n) is 12.8. The second-order valence-corrected chi connectivity index (χ2v) is 12.8. The predicted molar refractivity (Wildman–Crippen MR) is 184 cm³/mol. The Kier molecular flexibility index (Phi) is 6.61. The van der Waals surface area contributed by atoms with E-state index in [4.69, 9.17) is 4.74 Å². The highest BCUT2D eigenvalue weighted by Crippen LogP contribution is 2.50. The summed E-state index contributed by atoms with van der Waals surface area (Å²) in [4.78, 5) is 4.97. The predicted octanol–water partition coefficient (Wildman–Crippen LogP) is 8.61. The van der Waals surface area contributed by atoms with Gasteiger partial charge in [-0.25, -0.2) is 0 Å². The molecule has 4 aliphatic rings. The number of fused-ring (bicyclic) bond motifs is 6. The van der Waals surface area contributed by atoms with Crippen LogP contribution in [0.5, 0.6) is 5.75 Å². The Morgan fingerprint density at radius 2 is 1.40 bits per heavy atom. The largest absolute Gasteiger partial charge is 0.474 e. The minimum absolute atomic E-state index is 0.132. The minimum Gasteiger partial charge on any atom is -0.474 e. The highest BCUT2D eigenvalue weighted by Gasteiger charge is 2.41. The lowest BCUT2D eigenvalue weighted by atomic mass is 9.89. The fraction of sp³-hybridized carbons (Fsp3) is 0.250. The van der Waals surface area contributed by atoms with Gasteiger partial charge in [-0.15, -0.1) is 0 Å². The molecule has 0 amide bonds. The first-order valence-electron chi connectivity index (χ1n) is 16.5. The van der Waals surface area contributed by atoms with Crippen LogP contribution in [0.3, 0.4) is 0 Å². The smallest absolute Gasteiger partial charge is 0.157 e. The molecular weight excluding hydrogens is 552 g/mol. The monoisotopic (exact) mass is 590 g/mol. The number of nitrogens with one attached hydrogen (secondary N) is 2. The van der Waals surface area contributed by atoms with Crippen molar-refractivity contribution in [3.63, 3.8) is 0 Å². The van der Waals surface area contributed by atoms with E-state index >= 15 is 0 Å². The molecule has 4 heterocycles. The molecule has 0 aliphatic carbocycles. The quantitative estimate of drug-likeness (QED) is 0.215. The number of benzene rings is 5. The summed E-state index contributed by atoms with van der Waals surface area (Å²) < 4.78 is 6.33. The van der Waals surface area contributed by atoms with Gasteiger partial charge in [-0.05, 0) is 110 Å². The van der Waals surface area contributed by atoms with Crippen LogP contribution < -0.4 is 25.2 Å². The van der Waals surface area contributed by atoms with E-state index < -0.39 is 0 Å². The van der Waals surface area contributed by atoms with Gasteiger partial charge in [0.15, 0.2) is 6.23 Å². The van der Waals surface area contributed by atoms with Crippen molar-refractivity contribution in [2.75, 3.05) is 29.4 Å². The first-order chi connectivity index (χ1) is 22.3. The molecule has 4 atom stereocenters. The summed E-state index contributed by atoms with van der Waals surface area (Å²) in [5, 5.41) is 7.24. The fourth-order valence-corrected chi connectivity index (χ4v) is 8.15. The molecule has 0 saturated carbocycles. The normalized spacial score (nSPS) is 23.0. The van der Waals surface area contributed by atoms with Gasteiger partial charge in [0, 0.05) is 58.4 Å². The van der Waals surface area contributed by atoms with E-state index in [0.29, 0.717) is 17.9 Å². The zero-order valence-electron chi connectivity index (χ0n) is 25.4. The number of hydrogen-bond donors (Lipinski definition) is 2. The van der Waals surface area contributed by atoms with Crippen molar-refractivity contribution >= 4 is 28.4 Å². The van der Waals surface area contributed by atoms with Crippen LogP contribution in [0, 0.1) is 0 Å². The molecule has 5 nitrogen and oxygen atoms in total. The Bertz CT molecular complexity index is 1780. The molecule has 5 aromatic rings. The third-order valence-electron chi connectivity index (χ3n) is 10.3. The molecule has 5 aromatic carbocycles. The van der Waals surface area contributed by atoms with Gasteiger partial charge in [0.05, 0.1) is 0 Å². The third-order valence-corrected chi connectivity index (χ3v) is 10.3. The van der Waals surface area contributed by atoms with Gasteiger partial charge in [0.2, 0.25) is 0 Å². The number of piperidine rings is 2. The molecule has 9 rings (SSSR count). The molecule has 2 fully saturated rings. The minimum atomic E-state index is 0.132. The van der Waals surface area contributed by atoms with Gasteiger partial charge >= 0.3 is 0 Å². The van der Waals surface area contributed by atoms with Crippen LogP contribution in [0.1, 0.15) is 42.2 Å². The summed E-state index contributed by atoms with van der Waals surface area (Å²) in [5.74, 6) is 1.96. The Morgan fingerprint density at radius 1 is 0.644 bits per heavy atom. The summed E-state index contributed by atoms with van der Waals surface area (Å²) in [5.41, 5.74) is 11.3. The van der Waals surface area contributed by atoms with E-state index in [1.807, 2.05) is 0 Å². The lowest BCUT2D eigenvalue weighted by Gasteiger charge is -2.34. The van der Waals surface area contributed by atoms with Gasteiger partial charge in [-0.3, -0.25) is 5.32 Å². The number of nitrogens with zero attached hydrogens (tertiary/aromatic N) is 2. The lowest BCUT2D eigenvalue weighted by Crippen LogP contribution is -2.42. The molecule has 45 heavy (non-hydrogen) atoms. The van der Waals surface area contributed by atoms with Crippen molar-refractivity contribution in [3.05, 3.63) is 132 Å². The van der Waals surface area contributed by atoms with Crippen LogP contribution >= 0.6 is 0 Å². The van der Waals surface area contributed by atoms with E-state index in [1.54, 1.807) is 0 Å². The van der Waals surface area contributed by atoms with Crippen molar-refractivity contribution in [3.8, 4) is 16.9 Å². The molecule has 2 N–H and O–H groups in total. The van der Waals surface area contributed by atoms with Crippen molar-refractivity contribution in [2.24, 2.45) is 0 Å². The number of anilines is 5. The molecular formula is C40H38N4O. The average Bonchev–Trinajstić information content (AvgIpc) is 3.64. The maximum Gasteiger partial charge on any atom is 0.157 e. The molecule has 224 valence electrons. The highest BCUT2D eigenvalue weighted by atomic mass is 16.5. The first kappa shape index (κ1) is 26.8. The molecule has 5 heteroatoms. The van der Waals surface area contributed by atoms with E-state index in [2.05, 4.69) is 142 Å². The summed E-state index contributed by atoms with van der Waals surface area (Å²) in [6.07, 6.45) is 3.67. The molecule has 0 aromatic heterocycles. The molecule has 0 radical (unpaired) electrons. The zero-order valence-corrected chi connectivity index (χ0v) is 25.4. The average molecular weight is 591 g/mol. The Morgan fingerprint density at radius 3 is 2.18 bits per heavy atom. The summed E-state index contributed by atoms with van der Waals surface area (Å²) >= 11 is 0. The highest BCUT2D eigenvalue weighted by molar-refractivity contribution is 5.82. The van der Waals surface area contributed by atoms with Crippen LogP contribution in [-0.4, -0.2) is 31.9 Å². The van der Waals surface area contributed by atoms with Crippen molar-refractivity contribution in [2.45, 2.75) is 43.4 Å². The number of ether oxygens (including phenoxy) is 1. The van der Waals surface area contributed by atoms with E-state index in [0.717, 1.165) is 31.8 Å². The van der Waals surface area contributed by atoms with Crippen molar-refractivity contribution in [1.82, 2.24) is 10.6 Å². The second kappa shape index (κ2) is 11.1. The topological polar surface area (TPSA) is 39.8 Å². The van der Waals surface area contributed by atoms with E-state index in [9.17, 15) is 0 Å². The van der Waals surface area contributed by atoms with Crippen molar-refractivity contribution in [1.29, 1.82) is 0 Å². The van der Waals surface area contributed by atoms with Crippen molar-refractivity contribution < 1.29 is 4.74 Å². The summed E-state index contributed by atoms with van der Waals surface area (Å²) in [6, 6.07) is 44.9. The van der Waals surface area contributed by atoms with Crippen LogP contribution in [0.2, 0.25) is 0 Å². The number of hydrogen-bond acceptors (Lipinski definition) is 5. The fourth-order valence-electron chi connectivity index (χ4n) is 8.15. The first-order valence-corrected chi connectivity index (χ1v) is 16.5. The standard InChI is InChI=1S/C40H38N4O/c1-3-8-29(9-4-1)43(30-10-5-2-6-11-30)32-18-20-37-35(25-32)36-26-41-23-21-38(36)44(37)31-16-13-27(14-17-31)28-15-19-33-34-12-7-22-42-40(34)45-39(33)24-28/h1-6,8-11,13-20,24-25,34,36,38,40-42H,7,12,21-23,26H2. The molecule has 0 spiro atoms. The van der Waals surface area contributed by atoms with Gasteiger partial charge in [-0.2, -0.15) is 0 Å². The Hall–Kier alpha value is -4.58. The Labute approximate surface area is 265 Å². The van der Waals surface area contributed by atoms with Gasteiger partial charge in [0.25, 0.3) is 0 Å². The SMILES string of the molecule is c1ccc(N(c2ccccc2)c2ccc3c(c2)C2CNCCC2N3c2ccc(-c3ccc4c(c3)OC3NCCCC43)cc2)cc1. The van der Waals surface area contributed by atoms with Crippen LogP contribution in [-0.2, 0) is 0 Å². The maximum atomic E-state index is 6.33. The number of para-hydroxylation sites is 2. The van der Waals surface area contributed by atoms with Crippen LogP contribution in [0.15, 0.2) is 121 Å². The molecule has 0 bridgehead atoms. The zero-order chi connectivity index (χ0) is 29.7. The van der Waals surface area contributed by atoms with Gasteiger partial charge in [-0.1, -0.05) is 60.7 Å². The van der Waals surface area contributed by atoms with Crippen LogP contribution in [0.25, 0.3) is 11.1 Å². The lowest BCUT2D eigenvalue weighted by molar-refractivity contribution is 0.141. The van der Waals surface area contributed by atoms with Gasteiger partial charge in [0.1, 0.15) is 5.75 Å². The maximum absolute atomic E-state index is 6.33. The summed E-state index contributed by atoms with van der Waals surface area (Å²) in [6.45, 7) is 3.09. The summed E-state index contributed by atoms with van der Waals surface area (Å²) in [7, 11) is 0. The molecule has 4 unspecified atom stereocenters. The third kappa shape index (κ3) is 4.61. The molecule has 2 saturated heterocycles. The van der Waals surface area contributed by atoms with E-state index in [1.165, 1.54) is 63.5 Å². The Balaban J connectivity index is 1.05. The number of rotatable bonds is 5. The van der Waals surface area contributed by atoms with Gasteiger partial charge < -0.3 is 19.9 Å².